The second-order valence-corrected chi connectivity index (χ2v) is 1.60. The van der Waals surface area contributed by atoms with Crippen molar-refractivity contribution < 1.29 is 24.4 Å². The normalized spacial score (nSPS) is 12.7. The van der Waals surface area contributed by atoms with Crippen molar-refractivity contribution in [3.8, 4) is 0 Å². The number of aliphatic hydroxyl groups is 1. The maximum atomic E-state index is 10.4. The molecule has 0 aliphatic rings. The van der Waals surface area contributed by atoms with E-state index in [1.54, 1.807) is 0 Å². The molecule has 0 aromatic carbocycles. The number of carbonyl (C=O) groups excluding carboxylic acids is 1. The molecule has 0 aromatic rings. The molecule has 0 bridgehead atoms. The zero-order valence-electron chi connectivity index (χ0n) is 5.86. The van der Waals surface area contributed by atoms with Crippen LogP contribution in [-0.2, 0) is 19.3 Å². The lowest BCUT2D eigenvalue weighted by Crippen LogP contribution is -2.19. The van der Waals surface area contributed by atoms with E-state index in [1.165, 1.54) is 14.0 Å². The van der Waals surface area contributed by atoms with Crippen molar-refractivity contribution >= 4 is 5.97 Å². The van der Waals surface area contributed by atoms with Crippen LogP contribution in [0.15, 0.2) is 0 Å². The summed E-state index contributed by atoms with van der Waals surface area (Å²) < 4.78 is 4.39. The van der Waals surface area contributed by atoms with Gasteiger partial charge in [-0.1, -0.05) is 0 Å². The molecule has 1 N–H and O–H groups in total. The first-order valence-corrected chi connectivity index (χ1v) is 2.68. The van der Waals surface area contributed by atoms with E-state index in [0.29, 0.717) is 0 Å². The van der Waals surface area contributed by atoms with Crippen LogP contribution in [0.3, 0.4) is 0 Å². The van der Waals surface area contributed by atoms with Gasteiger partial charge in [0.1, 0.15) is 0 Å². The van der Waals surface area contributed by atoms with E-state index in [9.17, 15) is 4.79 Å². The second kappa shape index (κ2) is 5.16. The Morgan fingerprint density at radius 3 is 2.70 bits per heavy atom. The van der Waals surface area contributed by atoms with E-state index in [2.05, 4.69) is 14.5 Å². The Balaban J connectivity index is 3.22. The Morgan fingerprint density at radius 2 is 2.30 bits per heavy atom. The van der Waals surface area contributed by atoms with Crippen LogP contribution >= 0.6 is 0 Å². The zero-order chi connectivity index (χ0) is 7.98. The molecule has 10 heavy (non-hydrogen) atoms. The molecular formula is C5H10O5. The Labute approximate surface area is 58.4 Å². The quantitative estimate of drug-likeness (QED) is 0.252. The topological polar surface area (TPSA) is 65.0 Å². The molecule has 0 aromatic heterocycles. The number of hydrogen-bond acceptors (Lipinski definition) is 5. The fourth-order valence-electron chi connectivity index (χ4n) is 0.200. The molecule has 0 saturated heterocycles. The molecule has 0 aliphatic heterocycles. The Morgan fingerprint density at radius 1 is 1.70 bits per heavy atom. The first-order chi connectivity index (χ1) is 4.68. The third-order valence-corrected chi connectivity index (χ3v) is 0.648. The molecule has 60 valence electrons. The van der Waals surface area contributed by atoms with Gasteiger partial charge in [-0.3, -0.25) is 4.89 Å². The summed E-state index contributed by atoms with van der Waals surface area (Å²) in [4.78, 5) is 18.6. The summed E-state index contributed by atoms with van der Waals surface area (Å²) in [6.07, 6.45) is -1.17. The highest BCUT2D eigenvalue weighted by Crippen LogP contribution is 1.87. The Hall–Kier alpha value is -0.650. The summed E-state index contributed by atoms with van der Waals surface area (Å²) in [7, 11) is 1.39. The van der Waals surface area contributed by atoms with Gasteiger partial charge in [0.25, 0.3) is 0 Å². The number of methoxy groups -OCH3 is 1. The van der Waals surface area contributed by atoms with Crippen LogP contribution in [0.4, 0.5) is 0 Å². The van der Waals surface area contributed by atoms with Gasteiger partial charge in [0.2, 0.25) is 0 Å². The molecule has 0 spiro atoms. The van der Waals surface area contributed by atoms with Gasteiger partial charge in [-0.05, 0) is 6.92 Å². The van der Waals surface area contributed by atoms with Gasteiger partial charge in [-0.25, -0.2) is 4.79 Å². The van der Waals surface area contributed by atoms with E-state index in [-0.39, 0.29) is 6.79 Å². The Kier molecular flexibility index (Phi) is 4.82. The van der Waals surface area contributed by atoms with Gasteiger partial charge in [0.05, 0.1) is 0 Å². The molecule has 0 radical (unpaired) electrons. The van der Waals surface area contributed by atoms with Crippen LogP contribution in [-0.4, -0.2) is 31.1 Å². The molecule has 5 nitrogen and oxygen atoms in total. The highest BCUT2D eigenvalue weighted by Gasteiger charge is 2.10. The van der Waals surface area contributed by atoms with E-state index >= 15 is 0 Å². The summed E-state index contributed by atoms with van der Waals surface area (Å²) in [5.74, 6) is -0.836. The van der Waals surface area contributed by atoms with Crippen LogP contribution in [0.1, 0.15) is 6.92 Å². The van der Waals surface area contributed by atoms with Crippen LogP contribution in [0.25, 0.3) is 0 Å². The molecule has 1 atom stereocenters. The van der Waals surface area contributed by atoms with Crippen LogP contribution < -0.4 is 0 Å². The molecule has 5 heteroatoms. The molecule has 0 rings (SSSR count). The lowest BCUT2D eigenvalue weighted by molar-refractivity contribution is -0.311. The minimum Gasteiger partial charge on any atom is -0.382 e. The SMILES string of the molecule is COCOOC(=O)C(C)O. The smallest absolute Gasteiger partial charge is 0.370 e. The van der Waals surface area contributed by atoms with E-state index in [1.807, 2.05) is 0 Å². The van der Waals surface area contributed by atoms with Gasteiger partial charge in [0.15, 0.2) is 12.9 Å². The highest BCUT2D eigenvalue weighted by atomic mass is 17.2. The van der Waals surface area contributed by atoms with Gasteiger partial charge in [-0.15, -0.1) is 0 Å². The third-order valence-electron chi connectivity index (χ3n) is 0.648. The van der Waals surface area contributed by atoms with Crippen molar-refractivity contribution in [2.75, 3.05) is 13.9 Å². The van der Waals surface area contributed by atoms with Crippen molar-refractivity contribution in [2.45, 2.75) is 13.0 Å². The van der Waals surface area contributed by atoms with Crippen LogP contribution in [0.5, 0.6) is 0 Å². The van der Waals surface area contributed by atoms with Crippen molar-refractivity contribution in [1.29, 1.82) is 0 Å². The summed E-state index contributed by atoms with van der Waals surface area (Å²) in [6, 6.07) is 0. The van der Waals surface area contributed by atoms with Crippen molar-refractivity contribution in [3.63, 3.8) is 0 Å². The maximum absolute atomic E-state index is 10.4. The Bertz CT molecular complexity index is 100. The van der Waals surface area contributed by atoms with E-state index < -0.39 is 12.1 Å². The minimum atomic E-state index is -1.17. The maximum Gasteiger partial charge on any atom is 0.370 e. The van der Waals surface area contributed by atoms with Crippen molar-refractivity contribution in [1.82, 2.24) is 0 Å². The number of hydrogen-bond donors (Lipinski definition) is 1. The standard InChI is InChI=1S/C5H10O5/c1-4(6)5(7)10-9-3-8-2/h4,6H,3H2,1-2H3. The number of rotatable bonds is 4. The van der Waals surface area contributed by atoms with Crippen molar-refractivity contribution in [3.05, 3.63) is 0 Å². The minimum absolute atomic E-state index is 0.140. The van der Waals surface area contributed by atoms with Crippen LogP contribution in [0, 0.1) is 0 Å². The molecule has 1 unspecified atom stereocenters. The second-order valence-electron chi connectivity index (χ2n) is 1.60. The zero-order valence-corrected chi connectivity index (χ0v) is 5.86. The molecular weight excluding hydrogens is 140 g/mol. The molecule has 0 fully saturated rings. The monoisotopic (exact) mass is 150 g/mol. The number of carbonyl (C=O) groups is 1. The summed E-state index contributed by atoms with van der Waals surface area (Å²) >= 11 is 0. The average molecular weight is 150 g/mol. The summed E-state index contributed by atoms with van der Waals surface area (Å²) in [5.41, 5.74) is 0. The predicted molar refractivity (Wildman–Crippen MR) is 30.7 cm³/mol. The highest BCUT2D eigenvalue weighted by molar-refractivity contribution is 5.73. The first-order valence-electron chi connectivity index (χ1n) is 2.68. The number of aliphatic hydroxyl groups excluding tert-OH is 1. The van der Waals surface area contributed by atoms with Gasteiger partial charge < -0.3 is 9.84 Å². The van der Waals surface area contributed by atoms with Gasteiger partial charge in [0, 0.05) is 7.11 Å². The van der Waals surface area contributed by atoms with E-state index in [0.717, 1.165) is 0 Å². The van der Waals surface area contributed by atoms with Crippen molar-refractivity contribution in [2.24, 2.45) is 0 Å². The average Bonchev–Trinajstić information content (AvgIpc) is 1.88. The first kappa shape index (κ1) is 9.35. The van der Waals surface area contributed by atoms with E-state index in [4.69, 9.17) is 5.11 Å². The molecule has 0 aliphatic carbocycles. The summed E-state index contributed by atoms with van der Waals surface area (Å²) in [5, 5.41) is 8.52. The van der Waals surface area contributed by atoms with Gasteiger partial charge >= 0.3 is 5.97 Å². The largest absolute Gasteiger partial charge is 0.382 e. The molecule has 0 heterocycles. The third kappa shape index (κ3) is 4.25. The molecule has 0 saturated carbocycles. The predicted octanol–water partition coefficient (Wildman–Crippen LogP) is -0.554. The fourth-order valence-corrected chi connectivity index (χ4v) is 0.200. The lowest BCUT2D eigenvalue weighted by atomic mass is 10.4. The van der Waals surface area contributed by atoms with Gasteiger partial charge in [-0.2, -0.15) is 4.89 Å². The fraction of sp³-hybridized carbons (Fsp3) is 0.800. The number of ether oxygens (including phenoxy) is 1. The van der Waals surface area contributed by atoms with Crippen LogP contribution in [0.2, 0.25) is 0 Å². The summed E-state index contributed by atoms with van der Waals surface area (Å²) in [6.45, 7) is 1.14. The molecule has 0 amide bonds. The lowest BCUT2D eigenvalue weighted by Gasteiger charge is -2.02.